The number of aliphatic hydroxyl groups excluding tert-OH is 4. The first-order valence-electron chi connectivity index (χ1n) is 34.9. The fourth-order valence-electron chi connectivity index (χ4n) is 11.6. The van der Waals surface area contributed by atoms with E-state index in [1.54, 1.807) is 0 Å². The number of carbonyl (C=O) groups is 1. The molecule has 0 aliphatic rings. The van der Waals surface area contributed by atoms with E-state index in [0.29, 0.717) is 12.8 Å². The average molecular weight is 1060 g/mol. The third kappa shape index (κ3) is 57.8. The van der Waals surface area contributed by atoms with Crippen LogP contribution in [0.4, 0.5) is 0 Å². The van der Waals surface area contributed by atoms with Gasteiger partial charge in [-0.1, -0.05) is 393 Å². The van der Waals surface area contributed by atoms with E-state index < -0.39 is 36.9 Å². The van der Waals surface area contributed by atoms with Gasteiger partial charge < -0.3 is 25.7 Å². The summed E-state index contributed by atoms with van der Waals surface area (Å²) < 4.78 is 0. The molecule has 0 aromatic carbocycles. The summed E-state index contributed by atoms with van der Waals surface area (Å²) in [4.78, 5) is 12.7. The van der Waals surface area contributed by atoms with Crippen LogP contribution < -0.4 is 5.32 Å². The molecule has 6 nitrogen and oxygen atoms in total. The molecule has 0 aromatic rings. The second-order valence-electron chi connectivity index (χ2n) is 24.6. The van der Waals surface area contributed by atoms with Crippen molar-refractivity contribution in [3.63, 3.8) is 0 Å². The van der Waals surface area contributed by atoms with Crippen LogP contribution in [0.25, 0.3) is 0 Å². The monoisotopic (exact) mass is 1060 g/mol. The lowest BCUT2D eigenvalue weighted by atomic mass is 9.99. The lowest BCUT2D eigenvalue weighted by Crippen LogP contribution is -2.53. The molecule has 0 radical (unpaired) electrons. The van der Waals surface area contributed by atoms with E-state index in [1.165, 1.54) is 340 Å². The summed E-state index contributed by atoms with van der Waals surface area (Å²) in [6, 6.07) is -0.982. The lowest BCUT2D eigenvalue weighted by molar-refractivity contribution is -0.132. The minimum Gasteiger partial charge on any atom is -0.394 e. The van der Waals surface area contributed by atoms with Crippen LogP contribution in [0.15, 0.2) is 0 Å². The molecule has 4 atom stereocenters. The first kappa shape index (κ1) is 74.3. The van der Waals surface area contributed by atoms with Gasteiger partial charge in [-0.15, -0.1) is 0 Å². The van der Waals surface area contributed by atoms with Crippen LogP contribution in [0, 0.1) is 0 Å². The summed E-state index contributed by atoms with van der Waals surface area (Å²) in [5, 5.41) is 44.2. The van der Waals surface area contributed by atoms with Gasteiger partial charge in [-0.3, -0.25) is 4.79 Å². The highest BCUT2D eigenvalue weighted by atomic mass is 16.3. The predicted molar refractivity (Wildman–Crippen MR) is 330 cm³/mol. The normalized spacial score (nSPS) is 13.4. The molecule has 0 heterocycles. The van der Waals surface area contributed by atoms with Crippen LogP contribution in [0.2, 0.25) is 0 Å². The van der Waals surface area contributed by atoms with E-state index in [9.17, 15) is 25.2 Å². The molecule has 0 aliphatic heterocycles. The Labute approximate surface area is 470 Å². The second kappa shape index (κ2) is 64.1. The Morgan fingerprint density at radius 3 is 0.640 bits per heavy atom. The van der Waals surface area contributed by atoms with Gasteiger partial charge in [0.25, 0.3) is 0 Å². The quantitative estimate of drug-likeness (QED) is 0.0390. The molecule has 450 valence electrons. The number of amides is 1. The Balaban J connectivity index is 3.47. The molecule has 4 unspecified atom stereocenters. The minimum absolute atomic E-state index is 0.377. The van der Waals surface area contributed by atoms with Crippen LogP contribution >= 0.6 is 0 Å². The van der Waals surface area contributed by atoms with Gasteiger partial charge in [0.05, 0.1) is 18.8 Å². The van der Waals surface area contributed by atoms with E-state index in [2.05, 4.69) is 19.2 Å². The molecular formula is C69H139NO5. The van der Waals surface area contributed by atoms with Crippen molar-refractivity contribution in [2.45, 2.75) is 430 Å². The zero-order valence-corrected chi connectivity index (χ0v) is 51.3. The zero-order chi connectivity index (χ0) is 54.4. The highest BCUT2D eigenvalue weighted by Crippen LogP contribution is 2.20. The summed E-state index contributed by atoms with van der Waals surface area (Å²) >= 11 is 0. The predicted octanol–water partition coefficient (Wildman–Crippen LogP) is 21.4. The third-order valence-corrected chi connectivity index (χ3v) is 17.1. The second-order valence-corrected chi connectivity index (χ2v) is 24.6. The van der Waals surface area contributed by atoms with Crippen molar-refractivity contribution in [3.05, 3.63) is 0 Å². The Kier molecular flexibility index (Phi) is 63.5. The summed E-state index contributed by atoms with van der Waals surface area (Å²) in [6.07, 6.45) is 78.1. The molecule has 0 saturated carbocycles. The largest absolute Gasteiger partial charge is 0.394 e. The maximum Gasteiger partial charge on any atom is 0.249 e. The van der Waals surface area contributed by atoms with Crippen molar-refractivity contribution >= 4 is 5.91 Å². The van der Waals surface area contributed by atoms with Gasteiger partial charge in [0.1, 0.15) is 12.2 Å². The fourth-order valence-corrected chi connectivity index (χ4v) is 11.6. The SMILES string of the molecule is CCCCCCCCCCCCCCCCCCCCCCCCCCCCCCCCCCCCCCCCC(O)C(=O)NC(CO)C(O)C(O)CCCCCCCCCCCCCCCCCCCCCCC. The molecule has 0 rings (SSSR count). The van der Waals surface area contributed by atoms with Gasteiger partial charge in [0.2, 0.25) is 5.91 Å². The number of carbonyl (C=O) groups excluding carboxylic acids is 1. The van der Waals surface area contributed by atoms with Gasteiger partial charge in [-0.05, 0) is 12.8 Å². The molecule has 0 aromatic heterocycles. The summed E-state index contributed by atoms with van der Waals surface area (Å²) in [7, 11) is 0. The number of hydrogen-bond acceptors (Lipinski definition) is 5. The van der Waals surface area contributed by atoms with E-state index in [0.717, 1.165) is 38.5 Å². The molecule has 1 amide bonds. The van der Waals surface area contributed by atoms with Gasteiger partial charge >= 0.3 is 0 Å². The first-order chi connectivity index (χ1) is 37.0. The summed E-state index contributed by atoms with van der Waals surface area (Å²) in [5.41, 5.74) is 0. The molecular weight excluding hydrogens is 923 g/mol. The molecule has 0 fully saturated rings. The molecule has 0 bridgehead atoms. The fraction of sp³-hybridized carbons (Fsp3) is 0.986. The Morgan fingerprint density at radius 2 is 0.453 bits per heavy atom. The highest BCUT2D eigenvalue weighted by Gasteiger charge is 2.28. The van der Waals surface area contributed by atoms with E-state index in [4.69, 9.17) is 0 Å². The van der Waals surface area contributed by atoms with Gasteiger partial charge in [-0.25, -0.2) is 0 Å². The third-order valence-electron chi connectivity index (χ3n) is 17.1. The van der Waals surface area contributed by atoms with Crippen LogP contribution in [0.3, 0.4) is 0 Å². The van der Waals surface area contributed by atoms with Gasteiger partial charge in [0.15, 0.2) is 0 Å². The first-order valence-corrected chi connectivity index (χ1v) is 34.9. The Bertz CT molecular complexity index is 1060. The Morgan fingerprint density at radius 1 is 0.280 bits per heavy atom. The summed E-state index contributed by atoms with van der Waals surface area (Å²) in [5.74, 6) is -0.573. The van der Waals surface area contributed by atoms with Crippen molar-refractivity contribution in [2.75, 3.05) is 6.61 Å². The topological polar surface area (TPSA) is 110 Å². The van der Waals surface area contributed by atoms with E-state index in [-0.39, 0.29) is 0 Å². The van der Waals surface area contributed by atoms with Crippen LogP contribution in [0.1, 0.15) is 406 Å². The molecule has 6 heteroatoms. The van der Waals surface area contributed by atoms with E-state index >= 15 is 0 Å². The van der Waals surface area contributed by atoms with Crippen molar-refractivity contribution < 1.29 is 25.2 Å². The number of hydrogen-bond donors (Lipinski definition) is 5. The van der Waals surface area contributed by atoms with Crippen LogP contribution in [-0.2, 0) is 4.79 Å². The van der Waals surface area contributed by atoms with E-state index in [1.807, 2.05) is 0 Å². The smallest absolute Gasteiger partial charge is 0.249 e. The maximum absolute atomic E-state index is 12.7. The number of nitrogens with one attached hydrogen (secondary N) is 1. The van der Waals surface area contributed by atoms with Crippen molar-refractivity contribution in [1.29, 1.82) is 0 Å². The summed E-state index contributed by atoms with van der Waals surface area (Å²) in [6.45, 7) is 4.12. The zero-order valence-electron chi connectivity index (χ0n) is 51.3. The average Bonchev–Trinajstić information content (AvgIpc) is 3.42. The van der Waals surface area contributed by atoms with Crippen molar-refractivity contribution in [1.82, 2.24) is 5.32 Å². The lowest BCUT2D eigenvalue weighted by Gasteiger charge is -2.27. The molecule has 0 aliphatic carbocycles. The molecule has 75 heavy (non-hydrogen) atoms. The standard InChI is InChI=1S/C69H139NO5/c1-3-5-7-9-11-13-15-17-19-21-23-25-26-27-28-29-30-31-32-33-34-35-36-37-38-39-40-41-43-45-47-49-51-53-55-57-59-61-63-67(73)69(75)70-65(64-71)68(74)66(72)62-60-58-56-54-52-50-48-46-44-42-24-22-20-18-16-14-12-10-8-6-4-2/h65-68,71-74H,3-64H2,1-2H3,(H,70,75). The van der Waals surface area contributed by atoms with Gasteiger partial charge in [-0.2, -0.15) is 0 Å². The minimum atomic E-state index is -1.26. The van der Waals surface area contributed by atoms with Crippen LogP contribution in [-0.4, -0.2) is 57.3 Å². The number of aliphatic hydroxyl groups is 4. The van der Waals surface area contributed by atoms with Gasteiger partial charge in [0, 0.05) is 0 Å². The van der Waals surface area contributed by atoms with Crippen LogP contribution in [0.5, 0.6) is 0 Å². The number of unbranched alkanes of at least 4 members (excludes halogenated alkanes) is 57. The molecule has 0 spiro atoms. The highest BCUT2D eigenvalue weighted by molar-refractivity contribution is 5.80. The number of rotatable bonds is 66. The van der Waals surface area contributed by atoms with Crippen molar-refractivity contribution in [3.8, 4) is 0 Å². The maximum atomic E-state index is 12.7. The van der Waals surface area contributed by atoms with Crippen molar-refractivity contribution in [2.24, 2.45) is 0 Å². The molecule has 5 N–H and O–H groups in total. The molecule has 0 saturated heterocycles. The Hall–Kier alpha value is -0.690.